The van der Waals surface area contributed by atoms with E-state index in [0.29, 0.717) is 17.6 Å². The molecule has 0 radical (unpaired) electrons. The summed E-state index contributed by atoms with van der Waals surface area (Å²) in [6.07, 6.45) is -1.17. The number of alkyl halides is 3. The Bertz CT molecular complexity index is 1280. The van der Waals surface area contributed by atoms with Crippen molar-refractivity contribution in [3.63, 3.8) is 0 Å². The number of carboxylic acid groups (broad SMARTS) is 1. The van der Waals surface area contributed by atoms with Gasteiger partial charge in [0, 0.05) is 24.2 Å². The van der Waals surface area contributed by atoms with Gasteiger partial charge in [0.15, 0.2) is 0 Å². The number of fused-ring (bicyclic) bond motifs is 1. The van der Waals surface area contributed by atoms with Crippen molar-refractivity contribution in [3.8, 4) is 23.0 Å². The molecular formula is C25H18F3NO4. The first-order valence-corrected chi connectivity index (χ1v) is 10.00. The van der Waals surface area contributed by atoms with Crippen LogP contribution in [-0.2, 0) is 17.4 Å². The van der Waals surface area contributed by atoms with Crippen LogP contribution in [0.2, 0.25) is 0 Å². The molecule has 1 heterocycles. The first-order valence-electron chi connectivity index (χ1n) is 10.00. The Morgan fingerprint density at radius 2 is 1.64 bits per heavy atom. The molecule has 0 amide bonds. The fourth-order valence-electron chi connectivity index (χ4n) is 3.29. The van der Waals surface area contributed by atoms with Crippen LogP contribution in [-0.4, -0.2) is 16.1 Å². The molecule has 5 nitrogen and oxygen atoms in total. The highest BCUT2D eigenvalue weighted by Crippen LogP contribution is 2.41. The second-order valence-electron chi connectivity index (χ2n) is 7.25. The van der Waals surface area contributed by atoms with Crippen molar-refractivity contribution in [2.45, 2.75) is 19.0 Å². The lowest BCUT2D eigenvalue weighted by atomic mass is 10.1. The molecule has 0 fully saturated rings. The van der Waals surface area contributed by atoms with Crippen LogP contribution in [0.25, 0.3) is 10.8 Å². The van der Waals surface area contributed by atoms with Crippen molar-refractivity contribution in [2.75, 3.05) is 0 Å². The van der Waals surface area contributed by atoms with Gasteiger partial charge in [-0.15, -0.1) is 0 Å². The number of pyridine rings is 1. The Morgan fingerprint density at radius 1 is 0.909 bits per heavy atom. The molecule has 168 valence electrons. The van der Waals surface area contributed by atoms with Crippen LogP contribution in [0.15, 0.2) is 79.1 Å². The van der Waals surface area contributed by atoms with E-state index in [0.717, 1.165) is 17.0 Å². The van der Waals surface area contributed by atoms with Crippen molar-refractivity contribution in [1.82, 2.24) is 4.98 Å². The predicted molar refractivity (Wildman–Crippen MR) is 116 cm³/mol. The summed E-state index contributed by atoms with van der Waals surface area (Å²) in [5.74, 6) is -0.692. The summed E-state index contributed by atoms with van der Waals surface area (Å²) in [5.41, 5.74) is -0.234. The Kier molecular flexibility index (Phi) is 6.17. The monoisotopic (exact) mass is 453 g/mol. The van der Waals surface area contributed by atoms with E-state index < -0.39 is 17.7 Å². The minimum Gasteiger partial charge on any atom is -0.481 e. The van der Waals surface area contributed by atoms with Gasteiger partial charge in [0.25, 0.3) is 0 Å². The molecule has 0 aliphatic carbocycles. The zero-order chi connectivity index (χ0) is 23.4. The number of nitrogens with zero attached hydrogens (tertiary/aromatic N) is 1. The molecule has 0 saturated carbocycles. The second kappa shape index (κ2) is 9.20. The van der Waals surface area contributed by atoms with Gasteiger partial charge in [0.2, 0.25) is 0 Å². The molecular weight excluding hydrogens is 435 g/mol. The van der Waals surface area contributed by atoms with Crippen LogP contribution in [0.3, 0.4) is 0 Å². The van der Waals surface area contributed by atoms with Crippen LogP contribution in [0.1, 0.15) is 17.5 Å². The van der Waals surface area contributed by atoms with Crippen molar-refractivity contribution < 1.29 is 32.5 Å². The number of ether oxygens (including phenoxy) is 2. The van der Waals surface area contributed by atoms with Gasteiger partial charge in [0.05, 0.1) is 0 Å². The number of aromatic nitrogens is 1. The fraction of sp³-hybridized carbons (Fsp3) is 0.120. The van der Waals surface area contributed by atoms with E-state index in [1.54, 1.807) is 42.7 Å². The van der Waals surface area contributed by atoms with E-state index in [1.807, 2.05) is 6.07 Å². The highest BCUT2D eigenvalue weighted by atomic mass is 19.4. The molecule has 0 unspecified atom stereocenters. The Morgan fingerprint density at radius 3 is 2.36 bits per heavy atom. The molecule has 0 aliphatic rings. The summed E-state index contributed by atoms with van der Waals surface area (Å²) < 4.78 is 52.5. The number of carbonyl (C=O) groups is 1. The van der Waals surface area contributed by atoms with E-state index in [2.05, 4.69) is 4.98 Å². The van der Waals surface area contributed by atoms with Gasteiger partial charge < -0.3 is 14.6 Å². The summed E-state index contributed by atoms with van der Waals surface area (Å²) in [6, 6.07) is 16.8. The van der Waals surface area contributed by atoms with Gasteiger partial charge in [-0.25, -0.2) is 0 Å². The lowest BCUT2D eigenvalue weighted by Gasteiger charge is -2.16. The number of carboxylic acids is 1. The summed E-state index contributed by atoms with van der Waals surface area (Å²) >= 11 is 0. The van der Waals surface area contributed by atoms with Gasteiger partial charge in [-0.1, -0.05) is 24.3 Å². The second-order valence-corrected chi connectivity index (χ2v) is 7.25. The first kappa shape index (κ1) is 22.1. The number of hydrogen-bond acceptors (Lipinski definition) is 4. The van der Waals surface area contributed by atoms with Crippen molar-refractivity contribution in [1.29, 1.82) is 0 Å². The van der Waals surface area contributed by atoms with Gasteiger partial charge in [0.1, 0.15) is 28.6 Å². The molecule has 0 bridgehead atoms. The van der Waals surface area contributed by atoms with Crippen molar-refractivity contribution >= 4 is 16.7 Å². The number of benzene rings is 3. The van der Waals surface area contributed by atoms with Crippen LogP contribution in [0.5, 0.6) is 23.0 Å². The average Bonchev–Trinajstić information content (AvgIpc) is 2.79. The number of halogens is 3. The number of hydrogen-bond donors (Lipinski definition) is 1. The lowest BCUT2D eigenvalue weighted by Crippen LogP contribution is -2.07. The van der Waals surface area contributed by atoms with Crippen LogP contribution >= 0.6 is 0 Å². The Labute approximate surface area is 187 Å². The largest absolute Gasteiger partial charge is 0.481 e. The van der Waals surface area contributed by atoms with Crippen molar-refractivity contribution in [3.05, 3.63) is 90.3 Å². The van der Waals surface area contributed by atoms with Crippen LogP contribution in [0, 0.1) is 0 Å². The van der Waals surface area contributed by atoms with Gasteiger partial charge in [-0.2, -0.15) is 13.2 Å². The maximum atomic E-state index is 13.8. The number of rotatable bonds is 7. The van der Waals surface area contributed by atoms with E-state index in [-0.39, 0.29) is 23.7 Å². The molecule has 33 heavy (non-hydrogen) atoms. The topological polar surface area (TPSA) is 68.7 Å². The Balaban J connectivity index is 1.59. The predicted octanol–water partition coefficient (Wildman–Crippen LogP) is 6.86. The summed E-state index contributed by atoms with van der Waals surface area (Å²) in [7, 11) is 0. The standard InChI is InChI=1S/C25H18F3NO4/c26-25(27,28)21-14-19(33-22-3-1-2-17-12-13-29-15-20(17)22)9-10-23(21)32-18-7-4-16(5-8-18)6-11-24(30)31/h1-5,7-10,12-15H,6,11H2,(H,30,31). The first-order chi connectivity index (χ1) is 15.8. The zero-order valence-electron chi connectivity index (χ0n) is 17.2. The summed E-state index contributed by atoms with van der Waals surface area (Å²) in [4.78, 5) is 14.7. The van der Waals surface area contributed by atoms with E-state index in [1.165, 1.54) is 24.3 Å². The molecule has 0 aliphatic heterocycles. The van der Waals surface area contributed by atoms with Crippen LogP contribution < -0.4 is 9.47 Å². The third-order valence-electron chi connectivity index (χ3n) is 4.91. The maximum Gasteiger partial charge on any atom is 0.420 e. The van der Waals surface area contributed by atoms with Gasteiger partial charge >= 0.3 is 12.1 Å². The molecule has 1 aromatic heterocycles. The normalized spacial score (nSPS) is 11.4. The van der Waals surface area contributed by atoms with Crippen LogP contribution in [0.4, 0.5) is 13.2 Å². The molecule has 3 aromatic carbocycles. The third-order valence-corrected chi connectivity index (χ3v) is 4.91. The quantitative estimate of drug-likeness (QED) is 0.331. The SMILES string of the molecule is O=C(O)CCc1ccc(Oc2ccc(Oc3cccc4ccncc34)cc2C(F)(F)F)cc1. The minimum atomic E-state index is -4.67. The highest BCUT2D eigenvalue weighted by molar-refractivity contribution is 5.87. The van der Waals surface area contributed by atoms with E-state index >= 15 is 0 Å². The number of aryl methyl sites for hydroxylation is 1. The fourth-order valence-corrected chi connectivity index (χ4v) is 3.29. The summed E-state index contributed by atoms with van der Waals surface area (Å²) in [5, 5.41) is 10.3. The van der Waals surface area contributed by atoms with E-state index in [9.17, 15) is 18.0 Å². The van der Waals surface area contributed by atoms with Gasteiger partial charge in [-0.05, 0) is 59.8 Å². The smallest absolute Gasteiger partial charge is 0.420 e. The molecule has 1 N–H and O–H groups in total. The number of aliphatic carboxylic acids is 1. The maximum absolute atomic E-state index is 13.8. The molecule has 4 aromatic rings. The summed E-state index contributed by atoms with van der Waals surface area (Å²) in [6.45, 7) is 0. The average molecular weight is 453 g/mol. The molecule has 8 heteroatoms. The Hall–Kier alpha value is -4.07. The highest BCUT2D eigenvalue weighted by Gasteiger charge is 2.35. The molecule has 0 saturated heterocycles. The van der Waals surface area contributed by atoms with Gasteiger partial charge in [-0.3, -0.25) is 9.78 Å². The van der Waals surface area contributed by atoms with Crippen molar-refractivity contribution in [2.24, 2.45) is 0 Å². The molecule has 4 rings (SSSR count). The van der Waals surface area contributed by atoms with E-state index in [4.69, 9.17) is 14.6 Å². The molecule has 0 atom stereocenters. The zero-order valence-corrected chi connectivity index (χ0v) is 17.2. The lowest BCUT2D eigenvalue weighted by molar-refractivity contribution is -0.139. The molecule has 0 spiro atoms. The third kappa shape index (κ3) is 5.41. The minimum absolute atomic E-state index is 0.00930.